The van der Waals surface area contributed by atoms with Crippen molar-refractivity contribution >= 4 is 16.6 Å². The molecule has 0 spiro atoms. The van der Waals surface area contributed by atoms with Gasteiger partial charge >= 0.3 is 0 Å². The van der Waals surface area contributed by atoms with Crippen LogP contribution in [0.3, 0.4) is 0 Å². The molecule has 5 nitrogen and oxygen atoms in total. The summed E-state index contributed by atoms with van der Waals surface area (Å²) < 4.78 is 5.44. The fraction of sp³-hybridized carbons (Fsp3) is 0.316. The molecule has 0 saturated heterocycles. The molecule has 0 aliphatic carbocycles. The van der Waals surface area contributed by atoms with Gasteiger partial charge in [0.25, 0.3) is 0 Å². The predicted octanol–water partition coefficient (Wildman–Crippen LogP) is 3.16. The molecule has 3 heterocycles. The van der Waals surface area contributed by atoms with Crippen molar-refractivity contribution in [2.75, 3.05) is 18.6 Å². The number of methoxy groups -OCH3 is 1. The highest BCUT2D eigenvalue weighted by atomic mass is 16.5. The summed E-state index contributed by atoms with van der Waals surface area (Å²) in [5, 5.41) is 1.19. The normalized spacial score (nSPS) is 13.8. The van der Waals surface area contributed by atoms with E-state index in [4.69, 9.17) is 9.72 Å². The molecule has 24 heavy (non-hydrogen) atoms. The fourth-order valence-electron chi connectivity index (χ4n) is 3.35. The van der Waals surface area contributed by atoms with Gasteiger partial charge < -0.3 is 9.64 Å². The average Bonchev–Trinajstić information content (AvgIpc) is 2.66. The zero-order valence-corrected chi connectivity index (χ0v) is 14.0. The number of fused-ring (bicyclic) bond motifs is 2. The van der Waals surface area contributed by atoms with Gasteiger partial charge in [0.15, 0.2) is 0 Å². The topological polar surface area (TPSA) is 51.1 Å². The zero-order valence-electron chi connectivity index (χ0n) is 14.0. The molecule has 5 heteroatoms. The van der Waals surface area contributed by atoms with Crippen LogP contribution in [0.4, 0.5) is 5.69 Å². The molecular weight excluding hydrogens is 300 g/mol. The molecule has 4 rings (SSSR count). The summed E-state index contributed by atoms with van der Waals surface area (Å²) in [5.74, 6) is 0.679. The van der Waals surface area contributed by atoms with Crippen LogP contribution in [0.1, 0.15) is 23.9 Å². The Kier molecular flexibility index (Phi) is 3.76. The summed E-state index contributed by atoms with van der Waals surface area (Å²) in [5.41, 5.74) is 5.58. The third kappa shape index (κ3) is 2.46. The Morgan fingerprint density at radius 1 is 1.21 bits per heavy atom. The summed E-state index contributed by atoms with van der Waals surface area (Å²) in [7, 11) is 1.67. The lowest BCUT2D eigenvalue weighted by atomic mass is 10.0. The van der Waals surface area contributed by atoms with Crippen LogP contribution >= 0.6 is 0 Å². The van der Waals surface area contributed by atoms with Gasteiger partial charge in [-0.1, -0.05) is 25.1 Å². The minimum absolute atomic E-state index is 0.679. The van der Waals surface area contributed by atoms with E-state index >= 15 is 0 Å². The SMILES string of the molecule is CCc1cc(N2CCc3ncnc(OC)c3C2)c2ccccc2n1. The Morgan fingerprint density at radius 2 is 2.08 bits per heavy atom. The van der Waals surface area contributed by atoms with Crippen LogP contribution in [0.25, 0.3) is 10.9 Å². The number of hydrogen-bond acceptors (Lipinski definition) is 5. The van der Waals surface area contributed by atoms with Gasteiger partial charge in [0.2, 0.25) is 5.88 Å². The molecule has 0 unspecified atom stereocenters. The van der Waals surface area contributed by atoms with Crippen LogP contribution in [-0.2, 0) is 19.4 Å². The van der Waals surface area contributed by atoms with Gasteiger partial charge in [-0.15, -0.1) is 0 Å². The summed E-state index contributed by atoms with van der Waals surface area (Å²) in [6.45, 7) is 3.84. The second-order valence-electron chi connectivity index (χ2n) is 5.98. The molecule has 0 fully saturated rings. The number of hydrogen-bond donors (Lipinski definition) is 0. The maximum absolute atomic E-state index is 5.44. The van der Waals surface area contributed by atoms with Gasteiger partial charge in [0, 0.05) is 29.7 Å². The van der Waals surface area contributed by atoms with Crippen molar-refractivity contribution in [3.8, 4) is 5.88 Å². The summed E-state index contributed by atoms with van der Waals surface area (Å²) in [6, 6.07) is 10.6. The Bertz CT molecular complexity index is 879. The van der Waals surface area contributed by atoms with Gasteiger partial charge in [-0.05, 0) is 18.6 Å². The largest absolute Gasteiger partial charge is 0.481 e. The molecule has 0 atom stereocenters. The lowest BCUT2D eigenvalue weighted by Gasteiger charge is -2.31. The van der Waals surface area contributed by atoms with Gasteiger partial charge in [-0.2, -0.15) is 0 Å². The average molecular weight is 320 g/mol. The summed E-state index contributed by atoms with van der Waals surface area (Å²) in [4.78, 5) is 15.8. The predicted molar refractivity (Wildman–Crippen MR) is 94.5 cm³/mol. The molecule has 1 aliphatic rings. The van der Waals surface area contributed by atoms with Crippen LogP contribution in [-0.4, -0.2) is 28.6 Å². The highest BCUT2D eigenvalue weighted by Gasteiger charge is 2.23. The first-order valence-corrected chi connectivity index (χ1v) is 8.30. The maximum atomic E-state index is 5.44. The summed E-state index contributed by atoms with van der Waals surface area (Å²) >= 11 is 0. The van der Waals surface area contributed by atoms with E-state index < -0.39 is 0 Å². The second kappa shape index (κ2) is 6.07. The summed E-state index contributed by atoms with van der Waals surface area (Å²) in [6.07, 6.45) is 3.41. The molecule has 3 aromatic rings. The van der Waals surface area contributed by atoms with Crippen LogP contribution in [0.5, 0.6) is 5.88 Å². The third-order valence-corrected chi connectivity index (χ3v) is 4.61. The second-order valence-corrected chi connectivity index (χ2v) is 5.98. The van der Waals surface area contributed by atoms with E-state index in [-0.39, 0.29) is 0 Å². The Balaban J connectivity index is 1.81. The minimum Gasteiger partial charge on any atom is -0.481 e. The molecule has 0 amide bonds. The highest BCUT2D eigenvalue weighted by molar-refractivity contribution is 5.92. The standard InChI is InChI=1S/C19H20N4O/c1-3-13-10-18(14-6-4-5-7-17(14)22-13)23-9-8-16-15(11-23)19(24-2)21-12-20-16/h4-7,10,12H,3,8-9,11H2,1-2H3. The number of rotatable bonds is 3. The van der Waals surface area contributed by atoms with Crippen LogP contribution in [0, 0.1) is 0 Å². The molecule has 2 aromatic heterocycles. The van der Waals surface area contributed by atoms with E-state index in [0.29, 0.717) is 5.88 Å². The Hall–Kier alpha value is -2.69. The van der Waals surface area contributed by atoms with Gasteiger partial charge in [0.05, 0.1) is 30.4 Å². The molecule has 0 radical (unpaired) electrons. The molecule has 1 aliphatic heterocycles. The number of aryl methyl sites for hydroxylation is 1. The monoisotopic (exact) mass is 320 g/mol. The van der Waals surface area contributed by atoms with Gasteiger partial charge in [0.1, 0.15) is 6.33 Å². The number of benzene rings is 1. The first-order chi connectivity index (χ1) is 11.8. The van der Waals surface area contributed by atoms with E-state index in [1.165, 1.54) is 11.1 Å². The quantitative estimate of drug-likeness (QED) is 0.742. The van der Waals surface area contributed by atoms with Crippen molar-refractivity contribution in [2.24, 2.45) is 0 Å². The van der Waals surface area contributed by atoms with Gasteiger partial charge in [-0.25, -0.2) is 9.97 Å². The minimum atomic E-state index is 0.679. The maximum Gasteiger partial charge on any atom is 0.221 e. The first kappa shape index (κ1) is 14.9. The number of ether oxygens (including phenoxy) is 1. The molecule has 0 N–H and O–H groups in total. The van der Waals surface area contributed by atoms with Crippen LogP contribution in [0.15, 0.2) is 36.7 Å². The van der Waals surface area contributed by atoms with Gasteiger partial charge in [-0.3, -0.25) is 4.98 Å². The van der Waals surface area contributed by atoms with Crippen molar-refractivity contribution in [1.82, 2.24) is 15.0 Å². The number of aromatic nitrogens is 3. The van der Waals surface area contributed by atoms with Crippen molar-refractivity contribution in [1.29, 1.82) is 0 Å². The number of pyridine rings is 1. The molecule has 122 valence electrons. The number of nitrogens with zero attached hydrogens (tertiary/aromatic N) is 4. The lowest BCUT2D eigenvalue weighted by molar-refractivity contribution is 0.387. The number of para-hydroxylation sites is 1. The lowest BCUT2D eigenvalue weighted by Crippen LogP contribution is -2.31. The van der Waals surface area contributed by atoms with E-state index in [1.807, 2.05) is 6.07 Å². The van der Waals surface area contributed by atoms with E-state index in [9.17, 15) is 0 Å². The number of anilines is 1. The molecule has 0 bridgehead atoms. The van der Waals surface area contributed by atoms with Crippen molar-refractivity contribution in [2.45, 2.75) is 26.3 Å². The Morgan fingerprint density at radius 3 is 2.92 bits per heavy atom. The first-order valence-electron chi connectivity index (χ1n) is 8.30. The Labute approximate surface area is 141 Å². The molecular formula is C19H20N4O. The van der Waals surface area contributed by atoms with Crippen molar-refractivity contribution < 1.29 is 4.74 Å². The molecule has 0 saturated carbocycles. The van der Waals surface area contributed by atoms with E-state index in [1.54, 1.807) is 13.4 Å². The van der Waals surface area contributed by atoms with E-state index in [2.05, 4.69) is 46.1 Å². The third-order valence-electron chi connectivity index (χ3n) is 4.61. The van der Waals surface area contributed by atoms with Crippen LogP contribution < -0.4 is 9.64 Å². The van der Waals surface area contributed by atoms with E-state index in [0.717, 1.165) is 48.4 Å². The smallest absolute Gasteiger partial charge is 0.221 e. The highest BCUT2D eigenvalue weighted by Crippen LogP contribution is 2.32. The van der Waals surface area contributed by atoms with Crippen molar-refractivity contribution in [3.63, 3.8) is 0 Å². The van der Waals surface area contributed by atoms with Crippen molar-refractivity contribution in [3.05, 3.63) is 53.6 Å². The zero-order chi connectivity index (χ0) is 16.5. The molecule has 1 aromatic carbocycles. The fourth-order valence-corrected chi connectivity index (χ4v) is 3.35. The van der Waals surface area contributed by atoms with Crippen LogP contribution in [0.2, 0.25) is 0 Å².